The lowest BCUT2D eigenvalue weighted by molar-refractivity contribution is -0.145. The summed E-state index contributed by atoms with van der Waals surface area (Å²) < 4.78 is 5.47. The number of esters is 1. The highest BCUT2D eigenvalue weighted by Crippen LogP contribution is 2.27. The molecule has 23 heavy (non-hydrogen) atoms. The van der Waals surface area contributed by atoms with Crippen LogP contribution in [0.25, 0.3) is 0 Å². The maximum absolute atomic E-state index is 12.3. The molecule has 1 heterocycles. The van der Waals surface area contributed by atoms with Gasteiger partial charge in [0.1, 0.15) is 0 Å². The molecular weight excluding hydrogens is 286 g/mol. The largest absolute Gasteiger partial charge is 0.466 e. The van der Waals surface area contributed by atoms with Gasteiger partial charge in [-0.05, 0) is 37.9 Å². The summed E-state index contributed by atoms with van der Waals surface area (Å²) >= 11 is 0. The van der Waals surface area contributed by atoms with Gasteiger partial charge in [0.2, 0.25) is 0 Å². The number of carbonyl (C=O) groups is 1. The Hall–Kier alpha value is -1.35. The van der Waals surface area contributed by atoms with Gasteiger partial charge in [-0.1, -0.05) is 62.9 Å². The van der Waals surface area contributed by atoms with Gasteiger partial charge in [-0.25, -0.2) is 0 Å². The van der Waals surface area contributed by atoms with Crippen LogP contribution in [-0.4, -0.2) is 30.6 Å². The van der Waals surface area contributed by atoms with E-state index in [1.54, 1.807) is 0 Å². The number of hydrogen-bond donors (Lipinski definition) is 0. The molecule has 3 heteroatoms. The third-order valence-corrected chi connectivity index (χ3v) is 4.64. The van der Waals surface area contributed by atoms with Gasteiger partial charge in [-0.2, -0.15) is 0 Å². The Bertz CT molecular complexity index is 440. The van der Waals surface area contributed by atoms with Gasteiger partial charge < -0.3 is 4.74 Å². The smallest absolute Gasteiger partial charge is 0.307 e. The summed E-state index contributed by atoms with van der Waals surface area (Å²) in [5, 5.41) is 0. The van der Waals surface area contributed by atoms with Gasteiger partial charge >= 0.3 is 5.97 Å². The number of ether oxygens (including phenoxy) is 1. The van der Waals surface area contributed by atoms with E-state index in [1.165, 1.54) is 37.7 Å². The second-order valence-electron chi connectivity index (χ2n) is 6.51. The standard InChI is InChI=1S/C20H31NO2/c1-2-3-4-11-16-23-20(22)17-19(18-12-7-5-8-13-18)21-14-9-6-10-15-21/h5,7-8,12-13,19H,2-4,6,9-11,14-17H2,1H3/t19-/m0/s1. The van der Waals surface area contributed by atoms with E-state index in [0.29, 0.717) is 13.0 Å². The zero-order valence-corrected chi connectivity index (χ0v) is 14.5. The van der Waals surface area contributed by atoms with Crippen molar-refractivity contribution in [2.24, 2.45) is 0 Å². The van der Waals surface area contributed by atoms with E-state index in [0.717, 1.165) is 25.9 Å². The highest BCUT2D eigenvalue weighted by atomic mass is 16.5. The van der Waals surface area contributed by atoms with Crippen molar-refractivity contribution in [3.8, 4) is 0 Å². The summed E-state index contributed by atoms with van der Waals surface area (Å²) in [5.41, 5.74) is 1.23. The van der Waals surface area contributed by atoms with Gasteiger partial charge in [0.25, 0.3) is 0 Å². The molecule has 1 aromatic rings. The molecule has 1 aromatic carbocycles. The zero-order valence-electron chi connectivity index (χ0n) is 14.5. The molecule has 1 saturated heterocycles. The first-order chi connectivity index (χ1) is 11.3. The summed E-state index contributed by atoms with van der Waals surface area (Å²) in [6.45, 7) is 4.93. The van der Waals surface area contributed by atoms with Gasteiger partial charge in [0.15, 0.2) is 0 Å². The van der Waals surface area contributed by atoms with Gasteiger partial charge in [0.05, 0.1) is 13.0 Å². The molecule has 0 N–H and O–H groups in total. The monoisotopic (exact) mass is 317 g/mol. The van der Waals surface area contributed by atoms with Gasteiger partial charge in [0, 0.05) is 6.04 Å². The Morgan fingerprint density at radius 3 is 2.52 bits per heavy atom. The number of likely N-dealkylation sites (tertiary alicyclic amines) is 1. The highest BCUT2D eigenvalue weighted by molar-refractivity contribution is 5.70. The number of piperidine rings is 1. The Balaban J connectivity index is 1.88. The molecule has 1 atom stereocenters. The quantitative estimate of drug-likeness (QED) is 0.487. The van der Waals surface area contributed by atoms with Crippen molar-refractivity contribution in [2.75, 3.05) is 19.7 Å². The van der Waals surface area contributed by atoms with Crippen molar-refractivity contribution in [3.63, 3.8) is 0 Å². The number of rotatable bonds is 9. The summed E-state index contributed by atoms with van der Waals surface area (Å²) in [6.07, 6.45) is 8.80. The third kappa shape index (κ3) is 6.34. The second kappa shape index (κ2) is 10.4. The Kier molecular flexibility index (Phi) is 8.16. The van der Waals surface area contributed by atoms with Crippen LogP contribution in [0.15, 0.2) is 30.3 Å². The fourth-order valence-corrected chi connectivity index (χ4v) is 3.29. The molecule has 2 rings (SSSR count). The molecule has 0 aromatic heterocycles. The lowest BCUT2D eigenvalue weighted by Gasteiger charge is -2.34. The molecule has 1 fully saturated rings. The van der Waals surface area contributed by atoms with E-state index in [4.69, 9.17) is 4.74 Å². The number of benzene rings is 1. The molecule has 0 radical (unpaired) electrons. The minimum Gasteiger partial charge on any atom is -0.466 e. The summed E-state index contributed by atoms with van der Waals surface area (Å²) in [7, 11) is 0. The molecular formula is C20H31NO2. The zero-order chi connectivity index (χ0) is 16.3. The van der Waals surface area contributed by atoms with Crippen LogP contribution < -0.4 is 0 Å². The lowest BCUT2D eigenvalue weighted by Crippen LogP contribution is -2.35. The van der Waals surface area contributed by atoms with Crippen LogP contribution in [0.1, 0.15) is 69.9 Å². The summed E-state index contributed by atoms with van der Waals surface area (Å²) in [4.78, 5) is 14.7. The number of nitrogens with zero attached hydrogens (tertiary/aromatic N) is 1. The molecule has 0 bridgehead atoms. The van der Waals surface area contributed by atoms with Crippen molar-refractivity contribution in [1.82, 2.24) is 4.90 Å². The summed E-state index contributed by atoms with van der Waals surface area (Å²) in [6, 6.07) is 10.6. The minimum atomic E-state index is -0.0547. The second-order valence-corrected chi connectivity index (χ2v) is 6.51. The SMILES string of the molecule is CCCCCCOC(=O)C[C@@H](c1ccccc1)N1CCCCC1. The van der Waals surface area contributed by atoms with E-state index in [-0.39, 0.29) is 12.0 Å². The van der Waals surface area contributed by atoms with E-state index in [1.807, 2.05) is 6.07 Å². The van der Waals surface area contributed by atoms with Crippen LogP contribution in [0.2, 0.25) is 0 Å². The van der Waals surface area contributed by atoms with Crippen LogP contribution in [0.5, 0.6) is 0 Å². The molecule has 1 aliphatic heterocycles. The van der Waals surface area contributed by atoms with Crippen molar-refractivity contribution < 1.29 is 9.53 Å². The molecule has 1 aliphatic rings. The minimum absolute atomic E-state index is 0.0547. The van der Waals surface area contributed by atoms with E-state index in [9.17, 15) is 4.79 Å². The van der Waals surface area contributed by atoms with Gasteiger partial charge in [-0.3, -0.25) is 9.69 Å². The van der Waals surface area contributed by atoms with E-state index < -0.39 is 0 Å². The molecule has 128 valence electrons. The van der Waals surface area contributed by atoms with Crippen molar-refractivity contribution in [3.05, 3.63) is 35.9 Å². The van der Waals surface area contributed by atoms with Crippen molar-refractivity contribution in [1.29, 1.82) is 0 Å². The molecule has 0 unspecified atom stereocenters. The first kappa shape index (κ1) is 18.0. The Labute approximate surface area is 141 Å². The van der Waals surface area contributed by atoms with Crippen molar-refractivity contribution in [2.45, 2.75) is 64.3 Å². The average molecular weight is 317 g/mol. The molecule has 0 saturated carbocycles. The van der Waals surface area contributed by atoms with E-state index in [2.05, 4.69) is 36.1 Å². The van der Waals surface area contributed by atoms with E-state index >= 15 is 0 Å². The number of unbranched alkanes of at least 4 members (excludes halogenated alkanes) is 3. The number of carbonyl (C=O) groups excluding carboxylic acids is 1. The predicted molar refractivity (Wildman–Crippen MR) is 94.3 cm³/mol. The van der Waals surface area contributed by atoms with Crippen LogP contribution in [0.3, 0.4) is 0 Å². The fraction of sp³-hybridized carbons (Fsp3) is 0.650. The third-order valence-electron chi connectivity index (χ3n) is 4.64. The topological polar surface area (TPSA) is 29.5 Å². The molecule has 0 amide bonds. The molecule has 3 nitrogen and oxygen atoms in total. The summed E-state index contributed by atoms with van der Waals surface area (Å²) in [5.74, 6) is -0.0547. The highest BCUT2D eigenvalue weighted by Gasteiger charge is 2.25. The Morgan fingerprint density at radius 1 is 1.09 bits per heavy atom. The number of hydrogen-bond acceptors (Lipinski definition) is 3. The van der Waals surface area contributed by atoms with Crippen LogP contribution >= 0.6 is 0 Å². The van der Waals surface area contributed by atoms with Crippen LogP contribution in [0, 0.1) is 0 Å². The Morgan fingerprint density at radius 2 is 1.83 bits per heavy atom. The predicted octanol–water partition coefficient (Wildman–Crippen LogP) is 4.73. The van der Waals surface area contributed by atoms with Gasteiger partial charge in [-0.15, -0.1) is 0 Å². The maximum Gasteiger partial charge on any atom is 0.307 e. The van der Waals surface area contributed by atoms with Crippen molar-refractivity contribution >= 4 is 5.97 Å². The first-order valence-electron chi connectivity index (χ1n) is 9.26. The van der Waals surface area contributed by atoms with Crippen LogP contribution in [-0.2, 0) is 9.53 Å². The fourth-order valence-electron chi connectivity index (χ4n) is 3.29. The van der Waals surface area contributed by atoms with Crippen LogP contribution in [0.4, 0.5) is 0 Å². The average Bonchev–Trinajstić information content (AvgIpc) is 2.61. The molecule has 0 aliphatic carbocycles. The first-order valence-corrected chi connectivity index (χ1v) is 9.26. The lowest BCUT2D eigenvalue weighted by atomic mass is 9.99. The normalized spacial score (nSPS) is 16.9. The molecule has 0 spiro atoms. The maximum atomic E-state index is 12.3.